The molecule has 0 saturated heterocycles. The van der Waals surface area contributed by atoms with Gasteiger partial charge in [-0.25, -0.2) is 8.42 Å². The zero-order valence-corrected chi connectivity index (χ0v) is 14.5. The van der Waals surface area contributed by atoms with Crippen LogP contribution in [-0.2, 0) is 15.6 Å². The number of non-ortho nitro benzene ring substituents is 1. The average molecular weight is 363 g/mol. The molecule has 2 aromatic rings. The summed E-state index contributed by atoms with van der Waals surface area (Å²) in [5.74, 6) is 0.709. The highest BCUT2D eigenvalue weighted by molar-refractivity contribution is 7.93. The summed E-state index contributed by atoms with van der Waals surface area (Å²) in [7, 11) is -0.610. The number of methoxy groups -OCH3 is 2. The fourth-order valence-corrected chi connectivity index (χ4v) is 3.31. The van der Waals surface area contributed by atoms with Gasteiger partial charge in [-0.2, -0.15) is 0 Å². The first-order chi connectivity index (χ1) is 11.9. The Hall–Kier alpha value is -2.87. The van der Waals surface area contributed by atoms with Gasteiger partial charge in [0.25, 0.3) is 5.69 Å². The Morgan fingerprint density at radius 2 is 1.60 bits per heavy atom. The lowest BCUT2D eigenvalue weighted by Crippen LogP contribution is -2.00. The van der Waals surface area contributed by atoms with Crippen molar-refractivity contribution in [1.29, 1.82) is 0 Å². The molecule has 0 bridgehead atoms. The largest absolute Gasteiger partial charge is 0.496 e. The third-order valence-electron chi connectivity index (χ3n) is 3.42. The summed E-state index contributed by atoms with van der Waals surface area (Å²) >= 11 is 0. The summed E-state index contributed by atoms with van der Waals surface area (Å²) in [5.41, 5.74) is 0.887. The number of nitro benzene ring substituents is 1. The molecule has 0 aromatic heterocycles. The van der Waals surface area contributed by atoms with E-state index in [-0.39, 0.29) is 11.4 Å². The second kappa shape index (κ2) is 7.80. The van der Waals surface area contributed by atoms with Crippen LogP contribution in [0.25, 0.3) is 6.08 Å². The molecule has 25 heavy (non-hydrogen) atoms. The van der Waals surface area contributed by atoms with Crippen LogP contribution in [0.1, 0.15) is 11.1 Å². The Balaban J connectivity index is 2.24. The predicted octanol–water partition coefficient (Wildman–Crippen LogP) is 3.20. The van der Waals surface area contributed by atoms with Gasteiger partial charge in [0.2, 0.25) is 0 Å². The fourth-order valence-electron chi connectivity index (χ4n) is 2.21. The first-order valence-electron chi connectivity index (χ1n) is 7.21. The molecule has 7 nitrogen and oxygen atoms in total. The van der Waals surface area contributed by atoms with Gasteiger partial charge < -0.3 is 9.47 Å². The van der Waals surface area contributed by atoms with Gasteiger partial charge in [-0.3, -0.25) is 10.1 Å². The van der Waals surface area contributed by atoms with Gasteiger partial charge in [0.15, 0.2) is 9.84 Å². The molecular weight excluding hydrogens is 346 g/mol. The Bertz CT molecular complexity index is 866. The van der Waals surface area contributed by atoms with E-state index in [9.17, 15) is 18.5 Å². The molecule has 0 fully saturated rings. The molecule has 0 unspecified atom stereocenters. The van der Waals surface area contributed by atoms with Gasteiger partial charge in [0.1, 0.15) is 11.5 Å². The van der Waals surface area contributed by atoms with Crippen molar-refractivity contribution in [1.82, 2.24) is 0 Å². The lowest BCUT2D eigenvalue weighted by atomic mass is 10.2. The molecule has 0 aliphatic rings. The first kappa shape index (κ1) is 18.5. The lowest BCUT2D eigenvalue weighted by molar-refractivity contribution is -0.384. The van der Waals surface area contributed by atoms with Crippen molar-refractivity contribution in [2.75, 3.05) is 14.2 Å². The summed E-state index contributed by atoms with van der Waals surface area (Å²) in [4.78, 5) is 10.1. The van der Waals surface area contributed by atoms with Gasteiger partial charge >= 0.3 is 0 Å². The number of hydrogen-bond acceptors (Lipinski definition) is 6. The minimum Gasteiger partial charge on any atom is -0.496 e. The Morgan fingerprint density at radius 1 is 1.04 bits per heavy atom. The second-order valence-electron chi connectivity index (χ2n) is 5.11. The van der Waals surface area contributed by atoms with E-state index in [0.717, 1.165) is 5.41 Å². The number of sulfone groups is 1. The minimum absolute atomic E-state index is 0.0875. The van der Waals surface area contributed by atoms with Crippen LogP contribution in [0.3, 0.4) is 0 Å². The molecule has 0 aliphatic carbocycles. The van der Waals surface area contributed by atoms with Crippen LogP contribution in [0.5, 0.6) is 11.5 Å². The zero-order chi connectivity index (χ0) is 18.4. The van der Waals surface area contributed by atoms with Crippen molar-refractivity contribution in [3.05, 3.63) is 69.1 Å². The summed E-state index contributed by atoms with van der Waals surface area (Å²) in [6, 6.07) is 10.5. The number of rotatable bonds is 7. The van der Waals surface area contributed by atoms with Crippen molar-refractivity contribution in [2.45, 2.75) is 5.75 Å². The SMILES string of the molecule is COc1cccc(OC)c1C=CS(=O)(=O)Cc1ccc([N+](=O)[O-])cc1. The van der Waals surface area contributed by atoms with Crippen LogP contribution < -0.4 is 9.47 Å². The third kappa shape index (κ3) is 4.80. The van der Waals surface area contributed by atoms with Crippen molar-refractivity contribution in [2.24, 2.45) is 0 Å². The van der Waals surface area contributed by atoms with E-state index in [1.54, 1.807) is 18.2 Å². The molecule has 0 atom stereocenters. The van der Waals surface area contributed by atoms with Gasteiger partial charge in [-0.1, -0.05) is 18.2 Å². The predicted molar refractivity (Wildman–Crippen MR) is 94.3 cm³/mol. The summed E-state index contributed by atoms with van der Waals surface area (Å²) in [6.07, 6.45) is 1.42. The van der Waals surface area contributed by atoms with Crippen molar-refractivity contribution in [3.63, 3.8) is 0 Å². The van der Waals surface area contributed by atoms with E-state index in [0.29, 0.717) is 22.6 Å². The summed E-state index contributed by atoms with van der Waals surface area (Å²) in [5, 5.41) is 11.7. The van der Waals surface area contributed by atoms with E-state index < -0.39 is 14.8 Å². The van der Waals surface area contributed by atoms with Gasteiger partial charge in [-0.15, -0.1) is 0 Å². The molecule has 0 N–H and O–H groups in total. The maximum absolute atomic E-state index is 12.3. The van der Waals surface area contributed by atoms with E-state index in [4.69, 9.17) is 9.47 Å². The summed E-state index contributed by atoms with van der Waals surface area (Å²) < 4.78 is 35.0. The highest BCUT2D eigenvalue weighted by atomic mass is 32.2. The minimum atomic E-state index is -3.58. The highest BCUT2D eigenvalue weighted by Crippen LogP contribution is 2.30. The van der Waals surface area contributed by atoms with Crippen LogP contribution in [0.4, 0.5) is 5.69 Å². The van der Waals surface area contributed by atoms with Crippen molar-refractivity contribution in [3.8, 4) is 11.5 Å². The molecule has 0 saturated carbocycles. The number of hydrogen-bond donors (Lipinski definition) is 0. The van der Waals surface area contributed by atoms with E-state index in [1.807, 2.05) is 0 Å². The maximum Gasteiger partial charge on any atom is 0.269 e. The number of nitrogens with zero attached hydrogens (tertiary/aromatic N) is 1. The molecule has 0 radical (unpaired) electrons. The Kier molecular flexibility index (Phi) is 5.76. The Labute approximate surface area is 145 Å². The van der Waals surface area contributed by atoms with Crippen LogP contribution in [0.15, 0.2) is 47.9 Å². The Morgan fingerprint density at radius 3 is 2.08 bits per heavy atom. The van der Waals surface area contributed by atoms with Gasteiger partial charge in [-0.05, 0) is 23.8 Å². The smallest absolute Gasteiger partial charge is 0.269 e. The normalized spacial score (nSPS) is 11.4. The molecule has 0 aliphatic heterocycles. The second-order valence-corrected chi connectivity index (χ2v) is 7.00. The van der Waals surface area contributed by atoms with Crippen molar-refractivity contribution >= 4 is 21.6 Å². The quantitative estimate of drug-likeness (QED) is 0.554. The molecule has 2 aromatic carbocycles. The van der Waals surface area contributed by atoms with Crippen LogP contribution in [-0.4, -0.2) is 27.6 Å². The molecule has 0 heterocycles. The van der Waals surface area contributed by atoms with Crippen molar-refractivity contribution < 1.29 is 22.8 Å². The highest BCUT2D eigenvalue weighted by Gasteiger charge is 2.12. The number of benzene rings is 2. The summed E-state index contributed by atoms with van der Waals surface area (Å²) in [6.45, 7) is 0. The number of ether oxygens (including phenoxy) is 2. The number of nitro groups is 1. The topological polar surface area (TPSA) is 95.7 Å². The molecule has 8 heteroatoms. The first-order valence-corrected chi connectivity index (χ1v) is 8.93. The van der Waals surface area contributed by atoms with Crippen LogP contribution in [0, 0.1) is 10.1 Å². The van der Waals surface area contributed by atoms with E-state index in [2.05, 4.69) is 0 Å². The van der Waals surface area contributed by atoms with Crippen LogP contribution >= 0.6 is 0 Å². The molecule has 132 valence electrons. The standard InChI is InChI=1S/C17H17NO6S/c1-23-16-4-3-5-17(24-2)15(16)10-11-25(21,22)12-13-6-8-14(9-7-13)18(19)20/h3-11H,12H2,1-2H3. The monoisotopic (exact) mass is 363 g/mol. The zero-order valence-electron chi connectivity index (χ0n) is 13.7. The molecule has 0 amide bonds. The lowest BCUT2D eigenvalue weighted by Gasteiger charge is -2.09. The van der Waals surface area contributed by atoms with E-state index >= 15 is 0 Å². The molecule has 2 rings (SSSR count). The third-order valence-corrected chi connectivity index (χ3v) is 4.71. The molecular formula is C17H17NO6S. The van der Waals surface area contributed by atoms with Crippen LogP contribution in [0.2, 0.25) is 0 Å². The van der Waals surface area contributed by atoms with E-state index in [1.165, 1.54) is 44.6 Å². The fraction of sp³-hybridized carbons (Fsp3) is 0.176. The maximum atomic E-state index is 12.3. The molecule has 0 spiro atoms. The average Bonchev–Trinajstić information content (AvgIpc) is 2.59. The van der Waals surface area contributed by atoms with Gasteiger partial charge in [0.05, 0.1) is 30.5 Å². The van der Waals surface area contributed by atoms with Gasteiger partial charge in [0, 0.05) is 17.5 Å².